The molecule has 7 heteroatoms. The SMILES string of the molecule is Cc1ccccc1C(=O)Nc1c(F)c(F)c(F)c(F)c1F. The van der Waals surface area contributed by atoms with Gasteiger partial charge in [-0.15, -0.1) is 0 Å². The van der Waals surface area contributed by atoms with Crippen molar-refractivity contribution in [2.45, 2.75) is 6.92 Å². The molecule has 1 amide bonds. The van der Waals surface area contributed by atoms with Gasteiger partial charge in [-0.25, -0.2) is 22.0 Å². The second-order valence-electron chi connectivity index (χ2n) is 4.21. The smallest absolute Gasteiger partial charge is 0.256 e. The fraction of sp³-hybridized carbons (Fsp3) is 0.0714. The number of amides is 1. The van der Waals surface area contributed by atoms with Gasteiger partial charge in [-0.3, -0.25) is 4.79 Å². The van der Waals surface area contributed by atoms with Crippen molar-refractivity contribution >= 4 is 11.6 Å². The Hall–Kier alpha value is -2.44. The highest BCUT2D eigenvalue weighted by Gasteiger charge is 2.27. The van der Waals surface area contributed by atoms with Crippen LogP contribution in [-0.2, 0) is 0 Å². The molecule has 0 saturated carbocycles. The molecule has 2 aromatic rings. The molecule has 0 spiro atoms. The summed E-state index contributed by atoms with van der Waals surface area (Å²) in [5.41, 5.74) is -0.833. The van der Waals surface area contributed by atoms with Crippen LogP contribution in [0.4, 0.5) is 27.6 Å². The fourth-order valence-electron chi connectivity index (χ4n) is 1.72. The Morgan fingerprint density at radius 3 is 1.86 bits per heavy atom. The Kier molecular flexibility index (Phi) is 3.93. The highest BCUT2D eigenvalue weighted by Crippen LogP contribution is 2.27. The Labute approximate surface area is 116 Å². The molecule has 21 heavy (non-hydrogen) atoms. The van der Waals surface area contributed by atoms with Gasteiger partial charge < -0.3 is 5.32 Å². The maximum absolute atomic E-state index is 13.4. The lowest BCUT2D eigenvalue weighted by Gasteiger charge is -2.11. The summed E-state index contributed by atoms with van der Waals surface area (Å²) in [7, 11) is 0. The van der Waals surface area contributed by atoms with E-state index < -0.39 is 40.7 Å². The molecule has 1 N–H and O–H groups in total. The molecule has 0 bridgehead atoms. The minimum absolute atomic E-state index is 0.0569. The van der Waals surface area contributed by atoms with Crippen LogP contribution in [0, 0.1) is 36.0 Å². The van der Waals surface area contributed by atoms with Gasteiger partial charge in [0.2, 0.25) is 5.82 Å². The summed E-state index contributed by atoms with van der Waals surface area (Å²) in [6, 6.07) is 6.05. The van der Waals surface area contributed by atoms with E-state index in [4.69, 9.17) is 0 Å². The molecule has 0 radical (unpaired) electrons. The van der Waals surface area contributed by atoms with E-state index in [1.807, 2.05) is 0 Å². The largest absolute Gasteiger partial charge is 0.317 e. The van der Waals surface area contributed by atoms with E-state index in [-0.39, 0.29) is 5.56 Å². The third-order valence-corrected chi connectivity index (χ3v) is 2.84. The van der Waals surface area contributed by atoms with Gasteiger partial charge in [-0.05, 0) is 18.6 Å². The first-order chi connectivity index (χ1) is 9.84. The van der Waals surface area contributed by atoms with Crippen molar-refractivity contribution in [1.82, 2.24) is 0 Å². The minimum atomic E-state index is -2.28. The lowest BCUT2D eigenvalue weighted by Crippen LogP contribution is -2.17. The Bertz CT molecular complexity index is 701. The maximum Gasteiger partial charge on any atom is 0.256 e. The van der Waals surface area contributed by atoms with Crippen molar-refractivity contribution in [2.75, 3.05) is 5.32 Å². The topological polar surface area (TPSA) is 29.1 Å². The number of benzene rings is 2. The number of halogens is 5. The molecule has 0 aliphatic rings. The summed E-state index contributed by atoms with van der Waals surface area (Å²) in [6.45, 7) is 1.56. The molecule has 2 nitrogen and oxygen atoms in total. The Morgan fingerprint density at radius 2 is 1.33 bits per heavy atom. The second kappa shape index (κ2) is 5.51. The van der Waals surface area contributed by atoms with Gasteiger partial charge in [0.25, 0.3) is 5.91 Å². The molecule has 0 aromatic heterocycles. The van der Waals surface area contributed by atoms with Crippen molar-refractivity contribution in [3.63, 3.8) is 0 Å². The van der Waals surface area contributed by atoms with E-state index in [1.54, 1.807) is 24.4 Å². The van der Waals surface area contributed by atoms with Gasteiger partial charge in [0.1, 0.15) is 5.69 Å². The minimum Gasteiger partial charge on any atom is -0.317 e. The lowest BCUT2D eigenvalue weighted by molar-refractivity contribution is 0.102. The van der Waals surface area contributed by atoms with Gasteiger partial charge in [-0.1, -0.05) is 18.2 Å². The van der Waals surface area contributed by atoms with E-state index in [1.165, 1.54) is 12.1 Å². The van der Waals surface area contributed by atoms with Gasteiger partial charge in [0.15, 0.2) is 23.3 Å². The molecule has 0 unspecified atom stereocenters. The van der Waals surface area contributed by atoms with Crippen molar-refractivity contribution in [2.24, 2.45) is 0 Å². The third kappa shape index (κ3) is 2.58. The number of anilines is 1. The van der Waals surface area contributed by atoms with Crippen LogP contribution >= 0.6 is 0 Å². The number of nitrogens with one attached hydrogen (secondary N) is 1. The maximum atomic E-state index is 13.4. The molecule has 0 aliphatic carbocycles. The zero-order valence-electron chi connectivity index (χ0n) is 10.6. The third-order valence-electron chi connectivity index (χ3n) is 2.84. The standard InChI is InChI=1S/C14H8F5NO/c1-6-4-2-3-5-7(6)14(21)20-13-11(18)9(16)8(15)10(17)12(13)19/h2-5H,1H3,(H,20,21). The van der Waals surface area contributed by atoms with E-state index in [0.717, 1.165) is 0 Å². The number of rotatable bonds is 2. The molecule has 0 heterocycles. The molecular formula is C14H8F5NO. The first-order valence-corrected chi connectivity index (χ1v) is 5.73. The molecule has 2 rings (SSSR count). The normalized spacial score (nSPS) is 10.6. The van der Waals surface area contributed by atoms with Gasteiger partial charge in [-0.2, -0.15) is 0 Å². The number of aryl methyl sites for hydroxylation is 1. The van der Waals surface area contributed by atoms with E-state index in [0.29, 0.717) is 5.56 Å². The van der Waals surface area contributed by atoms with Gasteiger partial charge in [0, 0.05) is 5.56 Å². The molecular weight excluding hydrogens is 293 g/mol. The summed E-state index contributed by atoms with van der Waals surface area (Å²) in [6.07, 6.45) is 0. The summed E-state index contributed by atoms with van der Waals surface area (Å²) < 4.78 is 65.8. The number of hydrogen-bond acceptors (Lipinski definition) is 1. The quantitative estimate of drug-likeness (QED) is 0.508. The highest BCUT2D eigenvalue weighted by atomic mass is 19.2. The highest BCUT2D eigenvalue weighted by molar-refractivity contribution is 6.05. The van der Waals surface area contributed by atoms with Gasteiger partial charge >= 0.3 is 0 Å². The number of hydrogen-bond donors (Lipinski definition) is 1. The van der Waals surface area contributed by atoms with E-state index in [9.17, 15) is 26.7 Å². The van der Waals surface area contributed by atoms with Crippen molar-refractivity contribution < 1.29 is 26.7 Å². The first-order valence-electron chi connectivity index (χ1n) is 5.73. The van der Waals surface area contributed by atoms with Crippen LogP contribution in [0.1, 0.15) is 15.9 Å². The van der Waals surface area contributed by atoms with E-state index in [2.05, 4.69) is 0 Å². The molecule has 0 fully saturated rings. The van der Waals surface area contributed by atoms with Crippen LogP contribution in [0.2, 0.25) is 0 Å². The van der Waals surface area contributed by atoms with Crippen LogP contribution in [0.25, 0.3) is 0 Å². The van der Waals surface area contributed by atoms with Crippen molar-refractivity contribution in [3.05, 3.63) is 64.5 Å². The summed E-state index contributed by atoms with van der Waals surface area (Å²) >= 11 is 0. The molecule has 2 aromatic carbocycles. The van der Waals surface area contributed by atoms with E-state index >= 15 is 0 Å². The molecule has 0 saturated heterocycles. The van der Waals surface area contributed by atoms with Gasteiger partial charge in [0.05, 0.1) is 0 Å². The zero-order valence-corrected chi connectivity index (χ0v) is 10.6. The van der Waals surface area contributed by atoms with Crippen LogP contribution < -0.4 is 5.32 Å². The second-order valence-corrected chi connectivity index (χ2v) is 4.21. The Morgan fingerprint density at radius 1 is 0.857 bits per heavy atom. The van der Waals surface area contributed by atoms with Crippen molar-refractivity contribution in [3.8, 4) is 0 Å². The van der Waals surface area contributed by atoms with Crippen LogP contribution in [-0.4, -0.2) is 5.91 Å². The molecule has 0 aliphatic heterocycles. The predicted octanol–water partition coefficient (Wildman–Crippen LogP) is 3.94. The lowest BCUT2D eigenvalue weighted by atomic mass is 10.1. The average molecular weight is 301 g/mol. The average Bonchev–Trinajstić information content (AvgIpc) is 2.48. The zero-order chi connectivity index (χ0) is 15.7. The Balaban J connectivity index is 2.46. The fourth-order valence-corrected chi connectivity index (χ4v) is 1.72. The number of carbonyl (C=O) groups excluding carboxylic acids is 1. The molecule has 110 valence electrons. The monoisotopic (exact) mass is 301 g/mol. The summed E-state index contributed by atoms with van der Waals surface area (Å²) in [4.78, 5) is 11.9. The van der Waals surface area contributed by atoms with Crippen molar-refractivity contribution in [1.29, 1.82) is 0 Å². The van der Waals surface area contributed by atoms with Crippen LogP contribution in [0.3, 0.4) is 0 Å². The number of carbonyl (C=O) groups is 1. The summed E-state index contributed by atoms with van der Waals surface area (Å²) in [5, 5.41) is 1.71. The van der Waals surface area contributed by atoms with Crippen LogP contribution in [0.5, 0.6) is 0 Å². The summed E-state index contributed by atoms with van der Waals surface area (Å²) in [5.74, 6) is -11.7. The first kappa shape index (κ1) is 15.0. The predicted molar refractivity (Wildman–Crippen MR) is 65.4 cm³/mol. The molecule has 0 atom stereocenters. The van der Waals surface area contributed by atoms with Crippen LogP contribution in [0.15, 0.2) is 24.3 Å².